The minimum absolute atomic E-state index is 0.267. The zero-order valence-electron chi connectivity index (χ0n) is 13.5. The molecule has 7 nitrogen and oxygen atoms in total. The number of anilines is 1. The summed E-state index contributed by atoms with van der Waals surface area (Å²) in [5, 5.41) is 2.81. The number of H-pyrrole nitrogens is 2. The van der Waals surface area contributed by atoms with Crippen molar-refractivity contribution in [3.05, 3.63) is 66.9 Å². The molecule has 5 rings (SSSR count). The summed E-state index contributed by atoms with van der Waals surface area (Å²) in [5.74, 6) is 0.730. The van der Waals surface area contributed by atoms with E-state index in [9.17, 15) is 4.79 Å². The van der Waals surface area contributed by atoms with Gasteiger partial charge in [0.05, 0.1) is 34.7 Å². The number of furan rings is 1. The monoisotopic (exact) mass is 343 g/mol. The summed E-state index contributed by atoms with van der Waals surface area (Å²) < 4.78 is 5.11. The van der Waals surface area contributed by atoms with E-state index in [0.29, 0.717) is 5.69 Å². The predicted octanol–water partition coefficient (Wildman–Crippen LogP) is 3.95. The Kier molecular flexibility index (Phi) is 3.11. The number of carbonyl (C=O) groups is 1. The fourth-order valence-electron chi connectivity index (χ4n) is 2.91. The van der Waals surface area contributed by atoms with Crippen molar-refractivity contribution in [1.82, 2.24) is 19.9 Å². The van der Waals surface area contributed by atoms with Gasteiger partial charge in [-0.25, -0.2) is 9.97 Å². The van der Waals surface area contributed by atoms with E-state index in [4.69, 9.17) is 4.42 Å². The Bertz CT molecular complexity index is 1230. The normalized spacial score (nSPS) is 11.2. The quantitative estimate of drug-likeness (QED) is 0.462. The number of aromatic amines is 2. The molecule has 0 spiro atoms. The Hall–Kier alpha value is -3.87. The van der Waals surface area contributed by atoms with Gasteiger partial charge in [-0.15, -0.1) is 0 Å². The van der Waals surface area contributed by atoms with E-state index in [1.54, 1.807) is 18.5 Å². The zero-order valence-corrected chi connectivity index (χ0v) is 13.5. The molecule has 5 aromatic rings. The van der Waals surface area contributed by atoms with Gasteiger partial charge in [-0.2, -0.15) is 0 Å². The van der Waals surface area contributed by atoms with Crippen LogP contribution in [0.5, 0.6) is 0 Å². The number of aromatic nitrogens is 4. The molecule has 1 amide bonds. The van der Waals surface area contributed by atoms with Crippen LogP contribution in [0.2, 0.25) is 0 Å². The average molecular weight is 343 g/mol. The molecule has 26 heavy (non-hydrogen) atoms. The maximum Gasteiger partial charge on any atom is 0.291 e. The van der Waals surface area contributed by atoms with Gasteiger partial charge in [0.2, 0.25) is 0 Å². The Morgan fingerprint density at radius 2 is 1.96 bits per heavy atom. The fraction of sp³-hybridized carbons (Fsp3) is 0. The lowest BCUT2D eigenvalue weighted by atomic mass is 10.2. The van der Waals surface area contributed by atoms with E-state index in [-0.39, 0.29) is 11.7 Å². The van der Waals surface area contributed by atoms with Gasteiger partial charge in [0.1, 0.15) is 5.82 Å². The second-order valence-corrected chi connectivity index (χ2v) is 5.88. The number of imidazole rings is 2. The first-order chi connectivity index (χ1) is 12.8. The Labute approximate surface area is 147 Å². The number of benzene rings is 2. The third-order valence-corrected chi connectivity index (χ3v) is 4.18. The summed E-state index contributed by atoms with van der Waals surface area (Å²) in [5.41, 5.74) is 5.14. The number of rotatable bonds is 3. The summed E-state index contributed by atoms with van der Waals surface area (Å²) in [6.07, 6.45) is 3.14. The zero-order chi connectivity index (χ0) is 17.5. The van der Waals surface area contributed by atoms with E-state index in [0.717, 1.165) is 33.5 Å². The van der Waals surface area contributed by atoms with E-state index in [2.05, 4.69) is 25.3 Å². The highest BCUT2D eigenvalue weighted by atomic mass is 16.3. The Morgan fingerprint density at radius 3 is 2.85 bits per heavy atom. The van der Waals surface area contributed by atoms with Crippen molar-refractivity contribution in [3.8, 4) is 11.4 Å². The van der Waals surface area contributed by atoms with Crippen LogP contribution in [0.15, 0.2) is 65.5 Å². The lowest BCUT2D eigenvalue weighted by Gasteiger charge is -2.02. The SMILES string of the molecule is O=C(Nc1ccc2nc(-c3ccc4nc[nH]c4c3)[nH]c2c1)c1ccco1. The van der Waals surface area contributed by atoms with Crippen molar-refractivity contribution >= 4 is 33.7 Å². The van der Waals surface area contributed by atoms with E-state index >= 15 is 0 Å². The van der Waals surface area contributed by atoms with E-state index in [1.165, 1.54) is 6.26 Å². The number of hydrogen-bond acceptors (Lipinski definition) is 4. The molecule has 0 saturated carbocycles. The maximum atomic E-state index is 12.1. The van der Waals surface area contributed by atoms with Crippen molar-refractivity contribution in [1.29, 1.82) is 0 Å². The van der Waals surface area contributed by atoms with Crippen LogP contribution in [0.4, 0.5) is 5.69 Å². The molecule has 0 saturated heterocycles. The molecule has 0 aliphatic rings. The van der Waals surface area contributed by atoms with Crippen molar-refractivity contribution in [3.63, 3.8) is 0 Å². The van der Waals surface area contributed by atoms with Gasteiger partial charge in [-0.1, -0.05) is 0 Å². The van der Waals surface area contributed by atoms with Gasteiger partial charge in [0.25, 0.3) is 5.91 Å². The average Bonchev–Trinajstić information content (AvgIpc) is 3.39. The van der Waals surface area contributed by atoms with Gasteiger partial charge >= 0.3 is 0 Å². The van der Waals surface area contributed by atoms with Crippen LogP contribution in [0.3, 0.4) is 0 Å². The molecular weight excluding hydrogens is 330 g/mol. The van der Waals surface area contributed by atoms with Crippen LogP contribution in [0.25, 0.3) is 33.5 Å². The van der Waals surface area contributed by atoms with Gasteiger partial charge in [0, 0.05) is 11.3 Å². The molecule has 0 fully saturated rings. The summed E-state index contributed by atoms with van der Waals surface area (Å²) in [4.78, 5) is 27.3. The topological polar surface area (TPSA) is 99.6 Å². The van der Waals surface area contributed by atoms with Crippen LogP contribution < -0.4 is 5.32 Å². The molecule has 3 aromatic heterocycles. The number of amides is 1. The largest absolute Gasteiger partial charge is 0.459 e. The fourth-order valence-corrected chi connectivity index (χ4v) is 2.91. The summed E-state index contributed by atoms with van der Waals surface area (Å²) in [7, 11) is 0. The van der Waals surface area contributed by atoms with Crippen LogP contribution >= 0.6 is 0 Å². The molecule has 126 valence electrons. The molecule has 3 heterocycles. The van der Waals surface area contributed by atoms with Crippen LogP contribution in [-0.4, -0.2) is 25.8 Å². The van der Waals surface area contributed by atoms with Gasteiger partial charge in [-0.05, 0) is 48.5 Å². The second kappa shape index (κ2) is 5.59. The Balaban J connectivity index is 1.48. The second-order valence-electron chi connectivity index (χ2n) is 5.88. The van der Waals surface area contributed by atoms with E-state index < -0.39 is 0 Å². The first-order valence-electron chi connectivity index (χ1n) is 8.04. The highest BCUT2D eigenvalue weighted by Gasteiger charge is 2.11. The van der Waals surface area contributed by atoms with Gasteiger partial charge in [-0.3, -0.25) is 4.79 Å². The number of fused-ring (bicyclic) bond motifs is 2. The number of hydrogen-bond donors (Lipinski definition) is 3. The number of carbonyl (C=O) groups excluding carboxylic acids is 1. The first kappa shape index (κ1) is 14.5. The Morgan fingerprint density at radius 1 is 1.04 bits per heavy atom. The number of nitrogens with one attached hydrogen (secondary N) is 3. The summed E-state index contributed by atoms with van der Waals surface area (Å²) >= 11 is 0. The van der Waals surface area contributed by atoms with E-state index in [1.807, 2.05) is 36.4 Å². The van der Waals surface area contributed by atoms with Crippen molar-refractivity contribution in [2.24, 2.45) is 0 Å². The molecule has 0 radical (unpaired) electrons. The molecule has 3 N–H and O–H groups in total. The van der Waals surface area contributed by atoms with Crippen LogP contribution in [0, 0.1) is 0 Å². The summed E-state index contributed by atoms with van der Waals surface area (Å²) in [6.45, 7) is 0. The molecule has 7 heteroatoms. The molecule has 0 aliphatic heterocycles. The van der Waals surface area contributed by atoms with Crippen molar-refractivity contribution < 1.29 is 9.21 Å². The molecule has 2 aromatic carbocycles. The van der Waals surface area contributed by atoms with Gasteiger partial charge < -0.3 is 19.7 Å². The van der Waals surface area contributed by atoms with Crippen LogP contribution in [-0.2, 0) is 0 Å². The van der Waals surface area contributed by atoms with Crippen molar-refractivity contribution in [2.75, 3.05) is 5.32 Å². The smallest absolute Gasteiger partial charge is 0.291 e. The highest BCUT2D eigenvalue weighted by Crippen LogP contribution is 2.25. The highest BCUT2D eigenvalue weighted by molar-refractivity contribution is 6.03. The third-order valence-electron chi connectivity index (χ3n) is 4.18. The standard InChI is InChI=1S/C19H13N5O2/c25-19(17-2-1-7-26-17)22-12-4-6-14-16(9-12)24-18(23-14)11-3-5-13-15(8-11)21-10-20-13/h1-10H,(H,20,21)(H,22,25)(H,23,24). The molecule has 0 bridgehead atoms. The van der Waals surface area contributed by atoms with Crippen LogP contribution in [0.1, 0.15) is 10.6 Å². The predicted molar refractivity (Wildman–Crippen MR) is 97.8 cm³/mol. The third kappa shape index (κ3) is 2.42. The lowest BCUT2D eigenvalue weighted by molar-refractivity contribution is 0.0996. The molecule has 0 aliphatic carbocycles. The minimum atomic E-state index is -0.293. The van der Waals surface area contributed by atoms with Gasteiger partial charge in [0.15, 0.2) is 5.76 Å². The summed E-state index contributed by atoms with van der Waals surface area (Å²) in [6, 6.07) is 14.7. The number of nitrogens with zero attached hydrogens (tertiary/aromatic N) is 2. The van der Waals surface area contributed by atoms with Crippen molar-refractivity contribution in [2.45, 2.75) is 0 Å². The first-order valence-corrected chi connectivity index (χ1v) is 8.04. The minimum Gasteiger partial charge on any atom is -0.459 e. The molecular formula is C19H13N5O2. The lowest BCUT2D eigenvalue weighted by Crippen LogP contribution is -2.10. The molecule has 0 unspecified atom stereocenters. The maximum absolute atomic E-state index is 12.1. The molecule has 0 atom stereocenters.